The van der Waals surface area contributed by atoms with E-state index in [1.807, 2.05) is 43.0 Å². The van der Waals surface area contributed by atoms with Gasteiger partial charge in [0.1, 0.15) is 0 Å². The number of amides is 1. The highest BCUT2D eigenvalue weighted by Crippen LogP contribution is 2.36. The molecular weight excluding hydrogens is 466 g/mol. The predicted molar refractivity (Wildman–Crippen MR) is 123 cm³/mol. The largest absolute Gasteiger partial charge is 0.490 e. The Balaban J connectivity index is 1.65. The monoisotopic (exact) mass is 489 g/mol. The van der Waals surface area contributed by atoms with Crippen LogP contribution in [0.15, 0.2) is 40.9 Å². The maximum Gasteiger partial charge on any atom is 0.262 e. The quantitative estimate of drug-likeness (QED) is 0.596. The minimum Gasteiger partial charge on any atom is -0.490 e. The van der Waals surface area contributed by atoms with Crippen LogP contribution >= 0.6 is 27.7 Å². The highest BCUT2D eigenvalue weighted by molar-refractivity contribution is 9.10. The van der Waals surface area contributed by atoms with Crippen LogP contribution in [0.2, 0.25) is 0 Å². The van der Waals surface area contributed by atoms with Crippen LogP contribution in [0.25, 0.3) is 0 Å². The van der Waals surface area contributed by atoms with Crippen LogP contribution in [0.3, 0.4) is 0 Å². The first kappa shape index (κ1) is 22.5. The first-order valence-corrected chi connectivity index (χ1v) is 11.7. The molecule has 1 amide bonds. The zero-order valence-electron chi connectivity index (χ0n) is 16.8. The third kappa shape index (κ3) is 6.14. The van der Waals surface area contributed by atoms with Crippen molar-refractivity contribution in [2.75, 3.05) is 43.1 Å². The van der Waals surface area contributed by atoms with Crippen LogP contribution in [0.5, 0.6) is 11.5 Å². The average molecular weight is 490 g/mol. The van der Waals surface area contributed by atoms with Crippen molar-refractivity contribution >= 4 is 39.3 Å². The molecule has 6 nitrogen and oxygen atoms in total. The highest BCUT2D eigenvalue weighted by Gasteiger charge is 2.16. The summed E-state index contributed by atoms with van der Waals surface area (Å²) in [5.74, 6) is 2.87. The van der Waals surface area contributed by atoms with Gasteiger partial charge in [-0.3, -0.25) is 9.69 Å². The van der Waals surface area contributed by atoms with Crippen LogP contribution in [0.1, 0.15) is 18.1 Å². The molecule has 0 aromatic heterocycles. The fourth-order valence-corrected chi connectivity index (χ4v) is 4.68. The smallest absolute Gasteiger partial charge is 0.262 e. The second-order valence-electron chi connectivity index (χ2n) is 6.71. The molecule has 1 fully saturated rings. The van der Waals surface area contributed by atoms with E-state index in [-0.39, 0.29) is 12.5 Å². The first-order valence-electron chi connectivity index (χ1n) is 9.77. The number of para-hydroxylation sites is 1. The summed E-state index contributed by atoms with van der Waals surface area (Å²) in [5, 5.41) is 12.1. The van der Waals surface area contributed by atoms with Gasteiger partial charge in [-0.2, -0.15) is 17.0 Å². The van der Waals surface area contributed by atoms with E-state index in [2.05, 4.69) is 32.2 Å². The Morgan fingerprint density at radius 3 is 2.77 bits per heavy atom. The Labute approximate surface area is 189 Å². The Hall–Kier alpha value is -2.21. The fourth-order valence-electron chi connectivity index (χ4n) is 3.14. The van der Waals surface area contributed by atoms with Crippen molar-refractivity contribution in [3.05, 3.63) is 52.0 Å². The van der Waals surface area contributed by atoms with E-state index in [4.69, 9.17) is 14.7 Å². The van der Waals surface area contributed by atoms with Gasteiger partial charge in [0.25, 0.3) is 5.91 Å². The van der Waals surface area contributed by atoms with Crippen LogP contribution in [0, 0.1) is 11.3 Å². The summed E-state index contributed by atoms with van der Waals surface area (Å²) in [4.78, 5) is 15.0. The van der Waals surface area contributed by atoms with Crippen molar-refractivity contribution in [2.24, 2.45) is 0 Å². The molecule has 30 heavy (non-hydrogen) atoms. The normalized spacial score (nSPS) is 14.0. The Morgan fingerprint density at radius 1 is 1.27 bits per heavy atom. The van der Waals surface area contributed by atoms with Gasteiger partial charge in [0.15, 0.2) is 18.1 Å². The maximum atomic E-state index is 12.6. The molecule has 8 heteroatoms. The third-order valence-electron chi connectivity index (χ3n) is 4.58. The number of hydrogen-bond donors (Lipinski definition) is 1. The summed E-state index contributed by atoms with van der Waals surface area (Å²) in [6, 6.07) is 13.2. The molecule has 2 aromatic rings. The van der Waals surface area contributed by atoms with Gasteiger partial charge in [-0.25, -0.2) is 0 Å². The van der Waals surface area contributed by atoms with Crippen LogP contribution in [-0.2, 0) is 11.3 Å². The molecule has 0 radical (unpaired) electrons. The van der Waals surface area contributed by atoms with Gasteiger partial charge in [-0.1, -0.05) is 18.2 Å². The molecular formula is C22H24BrN3O3S. The minimum absolute atomic E-state index is 0.167. The lowest BCUT2D eigenvalue weighted by Gasteiger charge is -2.27. The lowest BCUT2D eigenvalue weighted by atomic mass is 10.1. The summed E-state index contributed by atoms with van der Waals surface area (Å²) in [6.07, 6.45) is 0. The number of hydrogen-bond acceptors (Lipinski definition) is 6. The molecule has 158 valence electrons. The summed E-state index contributed by atoms with van der Waals surface area (Å²) in [7, 11) is 0. The fraction of sp³-hybridized carbons (Fsp3) is 0.364. The number of carbonyl (C=O) groups excluding carboxylic acids is 1. The van der Waals surface area contributed by atoms with Gasteiger partial charge in [0, 0.05) is 42.9 Å². The predicted octanol–water partition coefficient (Wildman–Crippen LogP) is 4.29. The Bertz CT molecular complexity index is 926. The van der Waals surface area contributed by atoms with E-state index in [1.54, 1.807) is 12.1 Å². The van der Waals surface area contributed by atoms with Gasteiger partial charge in [-0.15, -0.1) is 0 Å². The van der Waals surface area contributed by atoms with Crippen molar-refractivity contribution < 1.29 is 14.3 Å². The highest BCUT2D eigenvalue weighted by atomic mass is 79.9. The lowest BCUT2D eigenvalue weighted by Crippen LogP contribution is -2.32. The average Bonchev–Trinajstić information content (AvgIpc) is 2.75. The number of rotatable bonds is 8. The molecule has 2 aromatic carbocycles. The van der Waals surface area contributed by atoms with Crippen LogP contribution < -0.4 is 14.8 Å². The molecule has 1 saturated heterocycles. The molecule has 1 N–H and O–H groups in total. The molecule has 1 aliphatic heterocycles. The van der Waals surface area contributed by atoms with E-state index >= 15 is 0 Å². The molecule has 0 aliphatic carbocycles. The summed E-state index contributed by atoms with van der Waals surface area (Å²) >= 11 is 5.37. The first-order chi connectivity index (χ1) is 14.6. The Kier molecular flexibility index (Phi) is 8.43. The summed E-state index contributed by atoms with van der Waals surface area (Å²) in [6.45, 7) is 5.03. The molecule has 1 aliphatic rings. The van der Waals surface area contributed by atoms with Gasteiger partial charge < -0.3 is 14.8 Å². The molecule has 0 bridgehead atoms. The maximum absolute atomic E-state index is 12.6. The van der Waals surface area contributed by atoms with E-state index < -0.39 is 0 Å². The molecule has 0 atom stereocenters. The van der Waals surface area contributed by atoms with Gasteiger partial charge in [0.05, 0.1) is 22.7 Å². The number of carbonyl (C=O) groups is 1. The van der Waals surface area contributed by atoms with Crippen molar-refractivity contribution in [3.63, 3.8) is 0 Å². The number of anilines is 1. The number of thioether (sulfide) groups is 1. The Morgan fingerprint density at radius 2 is 2.03 bits per heavy atom. The molecule has 0 saturated carbocycles. The van der Waals surface area contributed by atoms with Crippen molar-refractivity contribution in [1.82, 2.24) is 4.90 Å². The molecule has 1 heterocycles. The zero-order valence-corrected chi connectivity index (χ0v) is 19.2. The minimum atomic E-state index is -0.254. The number of nitrogens with zero attached hydrogens (tertiary/aromatic N) is 2. The van der Waals surface area contributed by atoms with Gasteiger partial charge in [-0.05, 0) is 40.5 Å². The second-order valence-corrected chi connectivity index (χ2v) is 8.79. The molecule has 0 spiro atoms. The molecule has 3 rings (SSSR count). The second kappa shape index (κ2) is 11.3. The number of benzene rings is 2. The van der Waals surface area contributed by atoms with Crippen LogP contribution in [0.4, 0.5) is 5.69 Å². The van der Waals surface area contributed by atoms with Crippen molar-refractivity contribution in [3.8, 4) is 17.6 Å². The van der Waals surface area contributed by atoms with E-state index in [0.717, 1.165) is 42.4 Å². The lowest BCUT2D eigenvalue weighted by molar-refractivity contribution is -0.118. The SMILES string of the molecule is CCOc1cc(C#N)cc(Br)c1OCC(=O)Nc1ccccc1CN1CCSCC1. The van der Waals surface area contributed by atoms with E-state index in [1.165, 1.54) is 0 Å². The number of nitriles is 1. The number of halogens is 1. The van der Waals surface area contributed by atoms with Crippen LogP contribution in [-0.4, -0.2) is 48.6 Å². The standard InChI is InChI=1S/C22H24BrN3O3S/c1-2-28-20-12-16(13-24)11-18(23)22(20)29-15-21(27)25-19-6-4-3-5-17(19)14-26-7-9-30-10-8-26/h3-6,11-12H,2,7-10,14-15H2,1H3,(H,25,27). The van der Waals surface area contributed by atoms with E-state index in [9.17, 15) is 4.79 Å². The van der Waals surface area contributed by atoms with Gasteiger partial charge in [0.2, 0.25) is 0 Å². The number of ether oxygens (including phenoxy) is 2. The molecule has 0 unspecified atom stereocenters. The summed E-state index contributed by atoms with van der Waals surface area (Å²) in [5.41, 5.74) is 2.34. The van der Waals surface area contributed by atoms with E-state index in [0.29, 0.717) is 28.1 Å². The summed E-state index contributed by atoms with van der Waals surface area (Å²) < 4.78 is 11.9. The zero-order chi connectivity index (χ0) is 21.3. The van der Waals surface area contributed by atoms with Gasteiger partial charge >= 0.3 is 0 Å². The number of nitrogens with one attached hydrogen (secondary N) is 1. The van der Waals surface area contributed by atoms with Crippen molar-refractivity contribution in [2.45, 2.75) is 13.5 Å². The topological polar surface area (TPSA) is 74.6 Å². The third-order valence-corrected chi connectivity index (χ3v) is 6.11. The van der Waals surface area contributed by atoms with Crippen molar-refractivity contribution in [1.29, 1.82) is 5.26 Å².